The SMILES string of the molecule is O=C(O)CCC1CCN(CCc2cccnc2)C1. The van der Waals surface area contributed by atoms with Crippen molar-refractivity contribution in [2.24, 2.45) is 5.92 Å². The number of nitrogens with zero attached hydrogens (tertiary/aromatic N) is 2. The van der Waals surface area contributed by atoms with E-state index in [1.54, 1.807) is 6.20 Å². The van der Waals surface area contributed by atoms with Crippen molar-refractivity contribution in [1.82, 2.24) is 9.88 Å². The van der Waals surface area contributed by atoms with Crippen LogP contribution in [0.5, 0.6) is 0 Å². The van der Waals surface area contributed by atoms with Crippen LogP contribution in [0, 0.1) is 5.92 Å². The maximum atomic E-state index is 10.5. The predicted molar refractivity (Wildman–Crippen MR) is 69.4 cm³/mol. The number of pyridine rings is 1. The molecule has 1 N–H and O–H groups in total. The van der Waals surface area contributed by atoms with E-state index in [2.05, 4.69) is 16.0 Å². The molecule has 0 bridgehead atoms. The summed E-state index contributed by atoms with van der Waals surface area (Å²) in [5, 5.41) is 8.67. The van der Waals surface area contributed by atoms with Gasteiger partial charge in [0.2, 0.25) is 0 Å². The van der Waals surface area contributed by atoms with Gasteiger partial charge >= 0.3 is 5.97 Å². The molecule has 0 aromatic carbocycles. The Labute approximate surface area is 108 Å². The number of aliphatic carboxylic acids is 1. The molecule has 1 atom stereocenters. The van der Waals surface area contributed by atoms with E-state index in [1.165, 1.54) is 5.56 Å². The van der Waals surface area contributed by atoms with Crippen LogP contribution in [-0.4, -0.2) is 40.6 Å². The van der Waals surface area contributed by atoms with E-state index in [4.69, 9.17) is 5.11 Å². The number of carbonyl (C=O) groups is 1. The number of rotatable bonds is 6. The van der Waals surface area contributed by atoms with Crippen molar-refractivity contribution < 1.29 is 9.90 Å². The normalized spacial score (nSPS) is 20.1. The molecule has 0 saturated carbocycles. The summed E-state index contributed by atoms with van der Waals surface area (Å²) in [6.45, 7) is 3.20. The Hall–Kier alpha value is -1.42. The molecule has 4 heteroatoms. The third kappa shape index (κ3) is 4.11. The highest BCUT2D eigenvalue weighted by Gasteiger charge is 2.22. The smallest absolute Gasteiger partial charge is 0.303 e. The first-order chi connectivity index (χ1) is 8.74. The lowest BCUT2D eigenvalue weighted by atomic mass is 10.0. The number of carboxylic acids is 1. The number of aromatic nitrogens is 1. The fourth-order valence-electron chi connectivity index (χ4n) is 2.51. The van der Waals surface area contributed by atoms with Gasteiger partial charge < -0.3 is 10.0 Å². The van der Waals surface area contributed by atoms with E-state index in [0.717, 1.165) is 38.9 Å². The number of hydrogen-bond donors (Lipinski definition) is 1. The van der Waals surface area contributed by atoms with Crippen molar-refractivity contribution in [2.75, 3.05) is 19.6 Å². The Bertz CT molecular complexity index is 381. The highest BCUT2D eigenvalue weighted by Crippen LogP contribution is 2.21. The van der Waals surface area contributed by atoms with Gasteiger partial charge in [-0.15, -0.1) is 0 Å². The second-order valence-corrected chi connectivity index (χ2v) is 5.00. The van der Waals surface area contributed by atoms with Gasteiger partial charge in [-0.3, -0.25) is 9.78 Å². The maximum absolute atomic E-state index is 10.5. The maximum Gasteiger partial charge on any atom is 0.303 e. The fraction of sp³-hybridized carbons (Fsp3) is 0.571. The average molecular weight is 248 g/mol. The molecule has 0 spiro atoms. The van der Waals surface area contributed by atoms with Gasteiger partial charge in [0.05, 0.1) is 0 Å². The van der Waals surface area contributed by atoms with Gasteiger partial charge in [0.1, 0.15) is 0 Å². The largest absolute Gasteiger partial charge is 0.481 e. The van der Waals surface area contributed by atoms with Gasteiger partial charge in [0, 0.05) is 31.9 Å². The first-order valence-corrected chi connectivity index (χ1v) is 6.57. The lowest BCUT2D eigenvalue weighted by molar-refractivity contribution is -0.137. The summed E-state index contributed by atoms with van der Waals surface area (Å²) in [6.07, 6.45) is 7.00. The molecule has 98 valence electrons. The van der Waals surface area contributed by atoms with Crippen LogP contribution in [0.15, 0.2) is 24.5 Å². The van der Waals surface area contributed by atoms with Crippen LogP contribution in [0.25, 0.3) is 0 Å². The molecule has 0 aliphatic carbocycles. The summed E-state index contributed by atoms with van der Waals surface area (Å²) in [7, 11) is 0. The van der Waals surface area contributed by atoms with Gasteiger partial charge in [0.25, 0.3) is 0 Å². The van der Waals surface area contributed by atoms with Crippen LogP contribution in [0.2, 0.25) is 0 Å². The molecule has 2 rings (SSSR count). The van der Waals surface area contributed by atoms with Crippen LogP contribution in [0.4, 0.5) is 0 Å². The Kier molecular flexibility index (Phi) is 4.70. The quantitative estimate of drug-likeness (QED) is 0.834. The Morgan fingerprint density at radius 2 is 2.44 bits per heavy atom. The van der Waals surface area contributed by atoms with Gasteiger partial charge in [-0.1, -0.05) is 6.07 Å². The molecule has 0 radical (unpaired) electrons. The zero-order chi connectivity index (χ0) is 12.8. The topological polar surface area (TPSA) is 53.4 Å². The summed E-state index contributed by atoms with van der Waals surface area (Å²) in [4.78, 5) is 17.1. The lowest BCUT2D eigenvalue weighted by Gasteiger charge is -2.15. The zero-order valence-corrected chi connectivity index (χ0v) is 10.6. The molecule has 1 fully saturated rings. The molecule has 4 nitrogen and oxygen atoms in total. The molecule has 1 aliphatic heterocycles. The lowest BCUT2D eigenvalue weighted by Crippen LogP contribution is -2.23. The minimum absolute atomic E-state index is 0.307. The monoisotopic (exact) mass is 248 g/mol. The second-order valence-electron chi connectivity index (χ2n) is 5.00. The average Bonchev–Trinajstić information content (AvgIpc) is 2.83. The summed E-state index contributed by atoms with van der Waals surface area (Å²) in [6, 6.07) is 4.07. The standard InChI is InChI=1S/C14H20N2O2/c17-14(18)4-3-13-6-9-16(11-13)8-5-12-2-1-7-15-10-12/h1-2,7,10,13H,3-6,8-9,11H2,(H,17,18). The van der Waals surface area contributed by atoms with E-state index >= 15 is 0 Å². The van der Waals surface area contributed by atoms with E-state index in [-0.39, 0.29) is 0 Å². The predicted octanol–water partition coefficient (Wildman–Crippen LogP) is 1.81. The number of hydrogen-bond acceptors (Lipinski definition) is 3. The Morgan fingerprint density at radius 3 is 3.17 bits per heavy atom. The summed E-state index contributed by atoms with van der Waals surface area (Å²) >= 11 is 0. The van der Waals surface area contributed by atoms with Gasteiger partial charge in [-0.25, -0.2) is 0 Å². The fourth-order valence-corrected chi connectivity index (χ4v) is 2.51. The molecule has 2 heterocycles. The first kappa shape index (κ1) is 13.0. The molecule has 1 aromatic heterocycles. The van der Waals surface area contributed by atoms with Crippen molar-refractivity contribution >= 4 is 5.97 Å². The third-order valence-electron chi connectivity index (χ3n) is 3.58. The van der Waals surface area contributed by atoms with Crippen LogP contribution in [0.1, 0.15) is 24.8 Å². The number of carboxylic acid groups (broad SMARTS) is 1. The van der Waals surface area contributed by atoms with Crippen molar-refractivity contribution in [3.8, 4) is 0 Å². The molecule has 1 aromatic rings. The highest BCUT2D eigenvalue weighted by atomic mass is 16.4. The van der Waals surface area contributed by atoms with E-state index in [0.29, 0.717) is 12.3 Å². The zero-order valence-electron chi connectivity index (χ0n) is 10.6. The summed E-state index contributed by atoms with van der Waals surface area (Å²) in [5.41, 5.74) is 1.27. The summed E-state index contributed by atoms with van der Waals surface area (Å²) < 4.78 is 0. The third-order valence-corrected chi connectivity index (χ3v) is 3.58. The first-order valence-electron chi connectivity index (χ1n) is 6.57. The highest BCUT2D eigenvalue weighted by molar-refractivity contribution is 5.66. The second kappa shape index (κ2) is 6.50. The molecule has 1 aliphatic rings. The van der Waals surface area contributed by atoms with Crippen LogP contribution >= 0.6 is 0 Å². The van der Waals surface area contributed by atoms with Crippen molar-refractivity contribution in [1.29, 1.82) is 0 Å². The van der Waals surface area contributed by atoms with Gasteiger partial charge in [0.15, 0.2) is 0 Å². The molecule has 0 amide bonds. The molecular formula is C14H20N2O2. The van der Waals surface area contributed by atoms with E-state index in [1.807, 2.05) is 12.3 Å². The minimum Gasteiger partial charge on any atom is -0.481 e. The Morgan fingerprint density at radius 1 is 1.56 bits per heavy atom. The van der Waals surface area contributed by atoms with Crippen LogP contribution in [0.3, 0.4) is 0 Å². The van der Waals surface area contributed by atoms with Gasteiger partial charge in [-0.2, -0.15) is 0 Å². The van der Waals surface area contributed by atoms with E-state index in [9.17, 15) is 4.79 Å². The molecule has 18 heavy (non-hydrogen) atoms. The number of likely N-dealkylation sites (tertiary alicyclic amines) is 1. The van der Waals surface area contributed by atoms with Crippen molar-refractivity contribution in [3.05, 3.63) is 30.1 Å². The van der Waals surface area contributed by atoms with Crippen molar-refractivity contribution in [3.63, 3.8) is 0 Å². The summed E-state index contributed by atoms with van der Waals surface area (Å²) in [5.74, 6) is -0.112. The Balaban J connectivity index is 1.68. The van der Waals surface area contributed by atoms with Gasteiger partial charge in [-0.05, 0) is 43.4 Å². The molecule has 1 saturated heterocycles. The minimum atomic E-state index is -0.677. The van der Waals surface area contributed by atoms with E-state index < -0.39 is 5.97 Å². The molecule has 1 unspecified atom stereocenters. The van der Waals surface area contributed by atoms with Crippen LogP contribution in [-0.2, 0) is 11.2 Å². The molecular weight excluding hydrogens is 228 g/mol. The van der Waals surface area contributed by atoms with Crippen LogP contribution < -0.4 is 0 Å². The van der Waals surface area contributed by atoms with Crippen molar-refractivity contribution in [2.45, 2.75) is 25.7 Å².